The maximum Gasteiger partial charge on any atom is 0.251 e. The zero-order valence-electron chi connectivity index (χ0n) is 14.3. The Hall–Kier alpha value is -2.30. The minimum Gasteiger partial charge on any atom is -0.376 e. The van der Waals surface area contributed by atoms with Gasteiger partial charge in [-0.05, 0) is 31.0 Å². The predicted molar refractivity (Wildman–Crippen MR) is 90.8 cm³/mol. The van der Waals surface area contributed by atoms with Crippen LogP contribution < -0.4 is 10.0 Å². The van der Waals surface area contributed by atoms with Crippen LogP contribution in [-0.4, -0.2) is 43.7 Å². The molecule has 3 rings (SSSR count). The van der Waals surface area contributed by atoms with Gasteiger partial charge in [0.05, 0.1) is 17.5 Å². The molecule has 1 amide bonds. The van der Waals surface area contributed by atoms with Crippen molar-refractivity contribution >= 4 is 15.9 Å². The van der Waals surface area contributed by atoms with Crippen molar-refractivity contribution in [2.45, 2.75) is 37.3 Å². The van der Waals surface area contributed by atoms with E-state index in [9.17, 15) is 13.2 Å². The summed E-state index contributed by atoms with van der Waals surface area (Å²) in [5.41, 5.74) is 0.265. The first-order chi connectivity index (χ1) is 12.4. The maximum atomic E-state index is 12.4. The summed E-state index contributed by atoms with van der Waals surface area (Å²) in [6, 6.07) is 5.83. The molecule has 9 nitrogen and oxygen atoms in total. The average molecular weight is 380 g/mol. The molecule has 2 N–H and O–H groups in total. The Balaban J connectivity index is 1.63. The molecule has 0 spiro atoms. The third-order valence-corrected chi connectivity index (χ3v) is 5.31. The lowest BCUT2D eigenvalue weighted by Gasteiger charge is -2.11. The van der Waals surface area contributed by atoms with E-state index in [-0.39, 0.29) is 34.8 Å². The molecule has 1 aromatic heterocycles. The van der Waals surface area contributed by atoms with Crippen LogP contribution in [0.4, 0.5) is 0 Å². The van der Waals surface area contributed by atoms with Gasteiger partial charge in [-0.2, -0.15) is 4.98 Å². The number of aryl methyl sites for hydroxylation is 1. The highest BCUT2D eigenvalue weighted by molar-refractivity contribution is 7.89. The van der Waals surface area contributed by atoms with Crippen LogP contribution >= 0.6 is 0 Å². The van der Waals surface area contributed by atoms with Gasteiger partial charge in [0.1, 0.15) is 0 Å². The normalized spacial score (nSPS) is 17.3. The smallest absolute Gasteiger partial charge is 0.251 e. The number of hydrogen-bond donors (Lipinski definition) is 2. The van der Waals surface area contributed by atoms with E-state index in [1.54, 1.807) is 13.0 Å². The van der Waals surface area contributed by atoms with Crippen molar-refractivity contribution in [3.05, 3.63) is 41.5 Å². The van der Waals surface area contributed by atoms with Crippen LogP contribution in [0.1, 0.15) is 34.9 Å². The van der Waals surface area contributed by atoms with E-state index in [4.69, 9.17) is 9.26 Å². The van der Waals surface area contributed by atoms with Gasteiger partial charge in [-0.3, -0.25) is 4.79 Å². The number of hydrogen-bond acceptors (Lipinski definition) is 7. The number of sulfonamides is 1. The average Bonchev–Trinajstić information content (AvgIpc) is 3.29. The Morgan fingerprint density at radius 3 is 2.92 bits per heavy atom. The van der Waals surface area contributed by atoms with Crippen LogP contribution in [-0.2, 0) is 21.3 Å². The van der Waals surface area contributed by atoms with Crippen molar-refractivity contribution < 1.29 is 22.5 Å². The summed E-state index contributed by atoms with van der Waals surface area (Å²) < 4.78 is 37.4. The minimum absolute atomic E-state index is 0.0116. The Kier molecular flexibility index (Phi) is 5.64. The standard InChI is InChI=1S/C16H20N4O5S/c1-11-19-15(20-25-11)10-18-26(22,23)14-6-2-4-12(8-14)16(21)17-9-13-5-3-7-24-13/h2,4,6,8,13,18H,3,5,7,9-10H2,1H3,(H,17,21)/t13-/m1/s1. The summed E-state index contributed by atoms with van der Waals surface area (Å²) in [5.74, 6) is 0.243. The Labute approximate surface area is 151 Å². The number of benzene rings is 1. The molecule has 1 aliphatic heterocycles. The van der Waals surface area contributed by atoms with Crippen LogP contribution in [0.15, 0.2) is 33.7 Å². The van der Waals surface area contributed by atoms with E-state index in [1.807, 2.05) is 0 Å². The molecule has 1 saturated heterocycles. The van der Waals surface area contributed by atoms with Crippen molar-refractivity contribution in [1.82, 2.24) is 20.2 Å². The summed E-state index contributed by atoms with van der Waals surface area (Å²) in [7, 11) is -3.81. The quantitative estimate of drug-likeness (QED) is 0.727. The second-order valence-electron chi connectivity index (χ2n) is 5.93. The first-order valence-corrected chi connectivity index (χ1v) is 9.71. The van der Waals surface area contributed by atoms with Gasteiger partial charge in [0, 0.05) is 25.6 Å². The highest BCUT2D eigenvalue weighted by Crippen LogP contribution is 2.13. The zero-order chi connectivity index (χ0) is 18.6. The monoisotopic (exact) mass is 380 g/mol. The minimum atomic E-state index is -3.81. The van der Waals surface area contributed by atoms with Gasteiger partial charge in [-0.15, -0.1) is 0 Å². The molecule has 10 heteroatoms. The molecule has 1 aromatic carbocycles. The topological polar surface area (TPSA) is 123 Å². The van der Waals surface area contributed by atoms with Crippen LogP contribution in [0.25, 0.3) is 0 Å². The fourth-order valence-corrected chi connectivity index (χ4v) is 3.60. The summed E-state index contributed by atoms with van der Waals surface area (Å²) in [5, 5.41) is 6.40. The number of rotatable bonds is 7. The van der Waals surface area contributed by atoms with Crippen LogP contribution in [0.2, 0.25) is 0 Å². The number of aromatic nitrogens is 2. The molecule has 1 atom stereocenters. The van der Waals surface area contributed by atoms with Gasteiger partial charge in [0.2, 0.25) is 15.9 Å². The number of nitrogens with one attached hydrogen (secondary N) is 2. The van der Waals surface area contributed by atoms with Gasteiger partial charge in [0.25, 0.3) is 5.91 Å². The Morgan fingerprint density at radius 1 is 1.38 bits per heavy atom. The summed E-state index contributed by atoms with van der Waals surface area (Å²) in [6.45, 7) is 2.63. The van der Waals surface area contributed by atoms with Crippen molar-refractivity contribution in [3.8, 4) is 0 Å². The van der Waals surface area contributed by atoms with Gasteiger partial charge < -0.3 is 14.6 Å². The molecular formula is C16H20N4O5S. The van der Waals surface area contributed by atoms with Crippen LogP contribution in [0.5, 0.6) is 0 Å². The fraction of sp³-hybridized carbons (Fsp3) is 0.438. The van der Waals surface area contributed by atoms with Gasteiger partial charge in [-0.1, -0.05) is 11.2 Å². The second kappa shape index (κ2) is 7.94. The first-order valence-electron chi connectivity index (χ1n) is 8.23. The van der Waals surface area contributed by atoms with E-state index in [1.165, 1.54) is 18.2 Å². The zero-order valence-corrected chi connectivity index (χ0v) is 15.1. The third-order valence-electron chi connectivity index (χ3n) is 3.91. The molecule has 1 aliphatic rings. The lowest BCUT2D eigenvalue weighted by atomic mass is 10.2. The summed E-state index contributed by atoms with van der Waals surface area (Å²) in [6.07, 6.45) is 1.92. The van der Waals surface area contributed by atoms with Crippen molar-refractivity contribution in [2.24, 2.45) is 0 Å². The maximum absolute atomic E-state index is 12.4. The van der Waals surface area contributed by atoms with Gasteiger partial charge in [0.15, 0.2) is 5.82 Å². The molecule has 2 aromatic rings. The van der Waals surface area contributed by atoms with E-state index >= 15 is 0 Å². The molecule has 0 aliphatic carbocycles. The number of carbonyl (C=O) groups excluding carboxylic acids is 1. The second-order valence-corrected chi connectivity index (χ2v) is 7.69. The summed E-state index contributed by atoms with van der Waals surface area (Å²) >= 11 is 0. The highest BCUT2D eigenvalue weighted by Gasteiger charge is 2.19. The Bertz CT molecular complexity index is 874. The highest BCUT2D eigenvalue weighted by atomic mass is 32.2. The lowest BCUT2D eigenvalue weighted by molar-refractivity contribution is 0.0857. The number of carbonyl (C=O) groups is 1. The van der Waals surface area contributed by atoms with E-state index in [0.717, 1.165) is 12.8 Å². The molecule has 26 heavy (non-hydrogen) atoms. The predicted octanol–water partition coefficient (Wildman–Crippen LogP) is 0.765. The third kappa shape index (κ3) is 4.65. The van der Waals surface area contributed by atoms with Crippen LogP contribution in [0.3, 0.4) is 0 Å². The van der Waals surface area contributed by atoms with Gasteiger partial charge >= 0.3 is 0 Å². The van der Waals surface area contributed by atoms with E-state index in [2.05, 4.69) is 20.2 Å². The van der Waals surface area contributed by atoms with E-state index in [0.29, 0.717) is 19.0 Å². The molecule has 1 fully saturated rings. The van der Waals surface area contributed by atoms with E-state index < -0.39 is 10.0 Å². The van der Waals surface area contributed by atoms with Crippen molar-refractivity contribution in [1.29, 1.82) is 0 Å². The van der Waals surface area contributed by atoms with Crippen LogP contribution in [0, 0.1) is 6.92 Å². The molecule has 0 radical (unpaired) electrons. The lowest BCUT2D eigenvalue weighted by Crippen LogP contribution is -2.32. The molecule has 2 heterocycles. The van der Waals surface area contributed by atoms with Crippen molar-refractivity contribution in [3.63, 3.8) is 0 Å². The van der Waals surface area contributed by atoms with Crippen molar-refractivity contribution in [2.75, 3.05) is 13.2 Å². The van der Waals surface area contributed by atoms with Gasteiger partial charge in [-0.25, -0.2) is 13.1 Å². The molecule has 0 unspecified atom stereocenters. The molecule has 0 saturated carbocycles. The Morgan fingerprint density at radius 2 is 2.23 bits per heavy atom. The molecular weight excluding hydrogens is 360 g/mol. The molecule has 0 bridgehead atoms. The first kappa shape index (κ1) is 18.5. The largest absolute Gasteiger partial charge is 0.376 e. The number of amides is 1. The fourth-order valence-electron chi connectivity index (χ4n) is 2.57. The SMILES string of the molecule is Cc1nc(CNS(=O)(=O)c2cccc(C(=O)NC[C@H]3CCCO3)c2)no1. The molecule has 140 valence electrons. The number of ether oxygens (including phenoxy) is 1. The number of nitrogens with zero attached hydrogens (tertiary/aromatic N) is 2. The summed E-state index contributed by atoms with van der Waals surface area (Å²) in [4.78, 5) is 16.2.